The van der Waals surface area contributed by atoms with E-state index in [2.05, 4.69) is 10.5 Å². The molecular formula is C25H27N3O4S. The number of ether oxygens (including phenoxy) is 1. The number of nitrogens with zero attached hydrogens (tertiary/aromatic N) is 2. The van der Waals surface area contributed by atoms with Crippen molar-refractivity contribution < 1.29 is 17.9 Å². The second kappa shape index (κ2) is 11.3. The van der Waals surface area contributed by atoms with Crippen molar-refractivity contribution >= 4 is 27.8 Å². The number of rotatable bonds is 10. The standard InChI is InChI=1S/C25H27N3O4S/c1-3-17-32-22-15-13-20(14-16-22)18-26-27-25(29)23-11-7-8-12-24(23)28(33(2,30)31)19-21-9-5-4-6-10-21/h4-16,18H,3,17,19H2,1-2H3,(H,27,29)/b26-18+. The Bertz CT molecular complexity index is 1190. The first-order valence-corrected chi connectivity index (χ1v) is 12.4. The van der Waals surface area contributed by atoms with Crippen LogP contribution in [-0.4, -0.2) is 33.4 Å². The molecule has 33 heavy (non-hydrogen) atoms. The van der Waals surface area contributed by atoms with Crippen molar-refractivity contribution in [3.63, 3.8) is 0 Å². The van der Waals surface area contributed by atoms with E-state index in [1.807, 2.05) is 61.5 Å². The minimum absolute atomic E-state index is 0.111. The van der Waals surface area contributed by atoms with E-state index in [-0.39, 0.29) is 17.8 Å². The second-order valence-electron chi connectivity index (χ2n) is 7.39. The van der Waals surface area contributed by atoms with Crippen LogP contribution in [0.2, 0.25) is 0 Å². The van der Waals surface area contributed by atoms with E-state index in [4.69, 9.17) is 4.74 Å². The molecule has 0 spiro atoms. The van der Waals surface area contributed by atoms with Gasteiger partial charge in [-0.25, -0.2) is 13.8 Å². The number of carbonyl (C=O) groups is 1. The number of carbonyl (C=O) groups excluding carboxylic acids is 1. The monoisotopic (exact) mass is 465 g/mol. The van der Waals surface area contributed by atoms with Gasteiger partial charge in [-0.1, -0.05) is 49.4 Å². The Morgan fingerprint density at radius 2 is 1.67 bits per heavy atom. The van der Waals surface area contributed by atoms with Crippen LogP contribution in [0.15, 0.2) is 84.0 Å². The number of nitrogens with one attached hydrogen (secondary N) is 1. The summed E-state index contributed by atoms with van der Waals surface area (Å²) in [6.07, 6.45) is 3.57. The molecule has 172 valence electrons. The maximum absolute atomic E-state index is 12.8. The van der Waals surface area contributed by atoms with Gasteiger partial charge in [0.2, 0.25) is 10.0 Å². The normalized spacial score (nSPS) is 11.3. The van der Waals surface area contributed by atoms with Crippen molar-refractivity contribution in [1.82, 2.24) is 5.43 Å². The molecule has 0 aromatic heterocycles. The number of benzene rings is 3. The fourth-order valence-corrected chi connectivity index (χ4v) is 4.01. The number of hydrazone groups is 1. The van der Waals surface area contributed by atoms with Crippen LogP contribution in [0.25, 0.3) is 0 Å². The highest BCUT2D eigenvalue weighted by molar-refractivity contribution is 7.92. The van der Waals surface area contributed by atoms with E-state index >= 15 is 0 Å². The number of amides is 1. The fourth-order valence-electron chi connectivity index (χ4n) is 3.11. The molecule has 0 saturated heterocycles. The molecule has 0 heterocycles. The van der Waals surface area contributed by atoms with Gasteiger partial charge in [0.15, 0.2) is 0 Å². The van der Waals surface area contributed by atoms with Gasteiger partial charge in [-0.2, -0.15) is 5.10 Å². The molecule has 0 saturated carbocycles. The van der Waals surface area contributed by atoms with Crippen molar-refractivity contribution in [2.24, 2.45) is 5.10 Å². The van der Waals surface area contributed by atoms with Crippen molar-refractivity contribution in [1.29, 1.82) is 0 Å². The molecule has 3 aromatic rings. The van der Waals surface area contributed by atoms with Crippen LogP contribution in [0.5, 0.6) is 5.75 Å². The third-order valence-electron chi connectivity index (χ3n) is 4.72. The van der Waals surface area contributed by atoms with Crippen LogP contribution in [0.4, 0.5) is 5.69 Å². The first kappa shape index (κ1) is 24.0. The summed E-state index contributed by atoms with van der Waals surface area (Å²) in [4.78, 5) is 12.8. The first-order chi connectivity index (χ1) is 15.9. The van der Waals surface area contributed by atoms with E-state index in [0.717, 1.165) is 29.6 Å². The minimum Gasteiger partial charge on any atom is -0.494 e. The van der Waals surface area contributed by atoms with E-state index < -0.39 is 15.9 Å². The summed E-state index contributed by atoms with van der Waals surface area (Å²) in [7, 11) is -3.64. The molecule has 0 aliphatic carbocycles. The molecule has 0 bridgehead atoms. The lowest BCUT2D eigenvalue weighted by atomic mass is 10.1. The predicted octanol–water partition coefficient (Wildman–Crippen LogP) is 4.21. The van der Waals surface area contributed by atoms with E-state index in [1.165, 1.54) is 10.5 Å². The lowest BCUT2D eigenvalue weighted by molar-refractivity contribution is 0.0955. The molecule has 0 fully saturated rings. The molecule has 0 radical (unpaired) electrons. The van der Waals surface area contributed by atoms with E-state index in [9.17, 15) is 13.2 Å². The zero-order valence-electron chi connectivity index (χ0n) is 18.6. The topological polar surface area (TPSA) is 88.1 Å². The zero-order valence-corrected chi connectivity index (χ0v) is 19.5. The average Bonchev–Trinajstić information content (AvgIpc) is 2.82. The SMILES string of the molecule is CCCOc1ccc(/C=N/NC(=O)c2ccccc2N(Cc2ccccc2)S(C)(=O)=O)cc1. The number of anilines is 1. The van der Waals surface area contributed by atoms with Crippen molar-refractivity contribution in [3.8, 4) is 5.75 Å². The quantitative estimate of drug-likeness (QED) is 0.359. The van der Waals surface area contributed by atoms with Gasteiger partial charge in [0.25, 0.3) is 5.91 Å². The third kappa shape index (κ3) is 6.92. The largest absolute Gasteiger partial charge is 0.494 e. The molecule has 8 heteroatoms. The molecular weight excluding hydrogens is 438 g/mol. The molecule has 7 nitrogen and oxygen atoms in total. The molecule has 0 aliphatic rings. The highest BCUT2D eigenvalue weighted by Gasteiger charge is 2.23. The van der Waals surface area contributed by atoms with Gasteiger partial charge >= 0.3 is 0 Å². The van der Waals surface area contributed by atoms with Gasteiger partial charge in [-0.15, -0.1) is 0 Å². The van der Waals surface area contributed by atoms with Gasteiger partial charge in [-0.3, -0.25) is 9.10 Å². The fraction of sp³-hybridized carbons (Fsp3) is 0.200. The van der Waals surface area contributed by atoms with E-state index in [0.29, 0.717) is 6.61 Å². The third-order valence-corrected chi connectivity index (χ3v) is 5.85. The van der Waals surface area contributed by atoms with Gasteiger partial charge in [0.1, 0.15) is 5.75 Å². The van der Waals surface area contributed by atoms with E-state index in [1.54, 1.807) is 24.3 Å². The number of sulfonamides is 1. The number of hydrogen-bond donors (Lipinski definition) is 1. The molecule has 0 aliphatic heterocycles. The lowest BCUT2D eigenvalue weighted by Gasteiger charge is -2.24. The average molecular weight is 466 g/mol. The Morgan fingerprint density at radius 1 is 1.00 bits per heavy atom. The number of para-hydroxylation sites is 1. The van der Waals surface area contributed by atoms with Gasteiger partial charge < -0.3 is 4.74 Å². The van der Waals surface area contributed by atoms with Gasteiger partial charge in [0.05, 0.1) is 36.9 Å². The summed E-state index contributed by atoms with van der Waals surface area (Å²) in [5.41, 5.74) is 4.57. The summed E-state index contributed by atoms with van der Waals surface area (Å²) < 4.78 is 31.9. The Labute approximate surface area is 194 Å². The lowest BCUT2D eigenvalue weighted by Crippen LogP contribution is -2.32. The van der Waals surface area contributed by atoms with Crippen molar-refractivity contribution in [2.75, 3.05) is 17.2 Å². The summed E-state index contributed by atoms with van der Waals surface area (Å²) in [6.45, 7) is 2.80. The van der Waals surface area contributed by atoms with Crippen LogP contribution in [0, 0.1) is 0 Å². The van der Waals surface area contributed by atoms with Crippen LogP contribution in [0.1, 0.15) is 34.8 Å². The Hall–Kier alpha value is -3.65. The summed E-state index contributed by atoms with van der Waals surface area (Å²) in [6, 6.07) is 23.1. The van der Waals surface area contributed by atoms with Gasteiger partial charge in [0, 0.05) is 0 Å². The Kier molecular flexibility index (Phi) is 8.21. The maximum Gasteiger partial charge on any atom is 0.273 e. The summed E-state index contributed by atoms with van der Waals surface area (Å²) in [5.74, 6) is 0.262. The van der Waals surface area contributed by atoms with Crippen molar-refractivity contribution in [2.45, 2.75) is 19.9 Å². The Morgan fingerprint density at radius 3 is 2.33 bits per heavy atom. The first-order valence-electron chi connectivity index (χ1n) is 10.6. The van der Waals surface area contributed by atoms with Gasteiger partial charge in [-0.05, 0) is 53.9 Å². The summed E-state index contributed by atoms with van der Waals surface area (Å²) in [5, 5.41) is 4.02. The number of hydrogen-bond acceptors (Lipinski definition) is 5. The maximum atomic E-state index is 12.8. The molecule has 0 unspecified atom stereocenters. The Balaban J connectivity index is 1.76. The molecule has 3 aromatic carbocycles. The molecule has 1 amide bonds. The molecule has 1 N–H and O–H groups in total. The highest BCUT2D eigenvalue weighted by atomic mass is 32.2. The minimum atomic E-state index is -3.64. The second-order valence-corrected chi connectivity index (χ2v) is 9.30. The molecule has 0 atom stereocenters. The summed E-state index contributed by atoms with van der Waals surface area (Å²) >= 11 is 0. The zero-order chi connectivity index (χ0) is 23.7. The highest BCUT2D eigenvalue weighted by Crippen LogP contribution is 2.25. The molecule has 3 rings (SSSR count). The smallest absolute Gasteiger partial charge is 0.273 e. The van der Waals surface area contributed by atoms with Crippen LogP contribution >= 0.6 is 0 Å². The van der Waals surface area contributed by atoms with Crippen LogP contribution in [-0.2, 0) is 16.6 Å². The van der Waals surface area contributed by atoms with Crippen molar-refractivity contribution in [3.05, 3.63) is 95.6 Å². The van der Waals surface area contributed by atoms with Crippen LogP contribution < -0.4 is 14.5 Å². The predicted molar refractivity (Wildman–Crippen MR) is 131 cm³/mol. The van der Waals surface area contributed by atoms with Crippen LogP contribution in [0.3, 0.4) is 0 Å².